The van der Waals surface area contributed by atoms with E-state index in [9.17, 15) is 4.79 Å². The Kier molecular flexibility index (Phi) is 4.46. The van der Waals surface area contributed by atoms with Gasteiger partial charge >= 0.3 is 0 Å². The summed E-state index contributed by atoms with van der Waals surface area (Å²) in [6, 6.07) is 13.2. The second-order valence-electron chi connectivity index (χ2n) is 4.60. The van der Waals surface area contributed by atoms with Crippen molar-refractivity contribution < 1.29 is 4.79 Å². The molecule has 1 amide bonds. The number of nitrogens with one attached hydrogen (secondary N) is 1. The van der Waals surface area contributed by atoms with Crippen molar-refractivity contribution in [2.24, 2.45) is 5.92 Å². The van der Waals surface area contributed by atoms with Crippen LogP contribution in [-0.2, 0) is 11.2 Å². The van der Waals surface area contributed by atoms with E-state index in [1.807, 2.05) is 49.4 Å². The summed E-state index contributed by atoms with van der Waals surface area (Å²) in [7, 11) is 0. The van der Waals surface area contributed by atoms with Crippen LogP contribution in [-0.4, -0.2) is 10.9 Å². The number of aromatic nitrogens is 1. The number of hydrogen-bond acceptors (Lipinski definition) is 3. The normalized spacial score (nSPS) is 11.4. The first-order valence-corrected chi connectivity index (χ1v) is 6.35. The molecule has 1 aromatic heterocycles. The van der Waals surface area contributed by atoms with E-state index in [0.29, 0.717) is 12.1 Å². The van der Waals surface area contributed by atoms with Crippen LogP contribution in [0.1, 0.15) is 11.1 Å². The summed E-state index contributed by atoms with van der Waals surface area (Å²) in [4.78, 5) is 16.0. The number of rotatable bonds is 4. The average molecular weight is 265 g/mol. The minimum atomic E-state index is -0.710. The fraction of sp³-hybridized carbons (Fsp3) is 0.188. The monoisotopic (exact) mass is 265 g/mol. The molecular formula is C16H15N3O. The quantitative estimate of drug-likeness (QED) is 0.924. The zero-order chi connectivity index (χ0) is 14.4. The molecule has 0 aliphatic heterocycles. The topological polar surface area (TPSA) is 65.8 Å². The Bertz CT molecular complexity index is 614. The van der Waals surface area contributed by atoms with E-state index < -0.39 is 5.92 Å². The molecule has 0 bridgehead atoms. The summed E-state index contributed by atoms with van der Waals surface area (Å²) in [5, 5.41) is 11.9. The van der Waals surface area contributed by atoms with Crippen molar-refractivity contribution in [1.82, 2.24) is 4.98 Å². The number of benzene rings is 1. The number of nitrogens with zero attached hydrogens (tertiary/aromatic N) is 2. The maximum Gasteiger partial charge on any atom is 0.242 e. The zero-order valence-electron chi connectivity index (χ0n) is 11.2. The summed E-state index contributed by atoms with van der Waals surface area (Å²) in [6.45, 7) is 1.98. The van der Waals surface area contributed by atoms with E-state index in [4.69, 9.17) is 5.26 Å². The second-order valence-corrected chi connectivity index (χ2v) is 4.60. The van der Waals surface area contributed by atoms with E-state index in [-0.39, 0.29) is 5.91 Å². The van der Waals surface area contributed by atoms with Gasteiger partial charge in [0.1, 0.15) is 5.92 Å². The molecule has 0 aliphatic carbocycles. The highest BCUT2D eigenvalue weighted by Crippen LogP contribution is 2.13. The third-order valence-corrected chi connectivity index (χ3v) is 2.98. The lowest BCUT2D eigenvalue weighted by Gasteiger charge is -2.10. The fourth-order valence-corrected chi connectivity index (χ4v) is 1.82. The van der Waals surface area contributed by atoms with Gasteiger partial charge in [0.05, 0.1) is 6.07 Å². The van der Waals surface area contributed by atoms with Gasteiger partial charge in [-0.3, -0.25) is 9.78 Å². The van der Waals surface area contributed by atoms with Gasteiger partial charge < -0.3 is 5.32 Å². The molecule has 1 aromatic carbocycles. The number of carbonyl (C=O) groups is 1. The van der Waals surface area contributed by atoms with Crippen LogP contribution in [0, 0.1) is 24.2 Å². The molecule has 0 saturated carbocycles. The Morgan fingerprint density at radius 3 is 2.50 bits per heavy atom. The molecule has 0 fully saturated rings. The Hall–Kier alpha value is -2.67. The highest BCUT2D eigenvalue weighted by atomic mass is 16.1. The lowest BCUT2D eigenvalue weighted by molar-refractivity contribution is -0.118. The van der Waals surface area contributed by atoms with Crippen LogP contribution in [0.15, 0.2) is 48.8 Å². The Morgan fingerprint density at radius 1 is 1.25 bits per heavy atom. The summed E-state index contributed by atoms with van der Waals surface area (Å²) in [5.74, 6) is -0.994. The van der Waals surface area contributed by atoms with Crippen molar-refractivity contribution in [1.29, 1.82) is 5.26 Å². The van der Waals surface area contributed by atoms with Gasteiger partial charge in [-0.1, -0.05) is 17.7 Å². The number of nitriles is 1. The first kappa shape index (κ1) is 13.8. The third kappa shape index (κ3) is 3.66. The number of anilines is 1. The van der Waals surface area contributed by atoms with Gasteiger partial charge in [-0.05, 0) is 43.2 Å². The Labute approximate surface area is 118 Å². The molecule has 2 aromatic rings. The lowest BCUT2D eigenvalue weighted by Crippen LogP contribution is -2.23. The molecule has 4 nitrogen and oxygen atoms in total. The van der Waals surface area contributed by atoms with Crippen molar-refractivity contribution in [2.45, 2.75) is 13.3 Å². The molecular weight excluding hydrogens is 250 g/mol. The van der Waals surface area contributed by atoms with Crippen LogP contribution in [0.5, 0.6) is 0 Å². The molecule has 100 valence electrons. The molecule has 2 rings (SSSR count). The van der Waals surface area contributed by atoms with Crippen LogP contribution in [0.3, 0.4) is 0 Å². The van der Waals surface area contributed by atoms with Gasteiger partial charge in [-0.15, -0.1) is 0 Å². The van der Waals surface area contributed by atoms with E-state index in [0.717, 1.165) is 11.1 Å². The van der Waals surface area contributed by atoms with Crippen molar-refractivity contribution in [3.8, 4) is 6.07 Å². The molecule has 0 saturated heterocycles. The van der Waals surface area contributed by atoms with Crippen LogP contribution in [0.2, 0.25) is 0 Å². The summed E-state index contributed by atoms with van der Waals surface area (Å²) < 4.78 is 0. The van der Waals surface area contributed by atoms with E-state index >= 15 is 0 Å². The summed E-state index contributed by atoms with van der Waals surface area (Å²) >= 11 is 0. The first-order chi connectivity index (χ1) is 9.69. The fourth-order valence-electron chi connectivity index (χ4n) is 1.82. The number of hydrogen-bond donors (Lipinski definition) is 1. The maximum absolute atomic E-state index is 12.1. The summed E-state index contributed by atoms with van der Waals surface area (Å²) in [5.41, 5.74) is 2.75. The van der Waals surface area contributed by atoms with Gasteiger partial charge in [0.25, 0.3) is 0 Å². The van der Waals surface area contributed by atoms with Crippen molar-refractivity contribution in [2.75, 3.05) is 5.32 Å². The van der Waals surface area contributed by atoms with Crippen LogP contribution < -0.4 is 5.32 Å². The first-order valence-electron chi connectivity index (χ1n) is 6.35. The lowest BCUT2D eigenvalue weighted by atomic mass is 10.0. The molecule has 0 radical (unpaired) electrons. The van der Waals surface area contributed by atoms with E-state index in [1.54, 1.807) is 12.4 Å². The third-order valence-electron chi connectivity index (χ3n) is 2.98. The Balaban J connectivity index is 2.03. The van der Waals surface area contributed by atoms with Crippen LogP contribution in [0.4, 0.5) is 5.69 Å². The maximum atomic E-state index is 12.1. The summed E-state index contributed by atoms with van der Waals surface area (Å²) in [6.07, 6.45) is 3.69. The van der Waals surface area contributed by atoms with Crippen molar-refractivity contribution >= 4 is 11.6 Å². The minimum absolute atomic E-state index is 0.284. The molecule has 1 atom stereocenters. The highest BCUT2D eigenvalue weighted by Gasteiger charge is 2.18. The highest BCUT2D eigenvalue weighted by molar-refractivity contribution is 5.94. The molecule has 1 heterocycles. The largest absolute Gasteiger partial charge is 0.325 e. The molecule has 1 N–H and O–H groups in total. The number of carbonyl (C=O) groups excluding carboxylic acids is 1. The van der Waals surface area contributed by atoms with Gasteiger partial charge in [-0.25, -0.2) is 0 Å². The molecule has 0 aliphatic rings. The Morgan fingerprint density at radius 2 is 1.90 bits per heavy atom. The molecule has 4 heteroatoms. The second kappa shape index (κ2) is 6.48. The molecule has 0 unspecified atom stereocenters. The average Bonchev–Trinajstić information content (AvgIpc) is 2.48. The van der Waals surface area contributed by atoms with Gasteiger partial charge in [0, 0.05) is 18.1 Å². The van der Waals surface area contributed by atoms with Crippen molar-refractivity contribution in [3.63, 3.8) is 0 Å². The van der Waals surface area contributed by atoms with Crippen LogP contribution in [0.25, 0.3) is 0 Å². The van der Waals surface area contributed by atoms with Crippen molar-refractivity contribution in [3.05, 3.63) is 59.9 Å². The van der Waals surface area contributed by atoms with Gasteiger partial charge in [-0.2, -0.15) is 5.26 Å². The SMILES string of the molecule is Cc1ccc(NC(=O)[C@H](C#N)Cc2ccncc2)cc1. The standard InChI is InChI=1S/C16H15N3O/c1-12-2-4-15(5-3-12)19-16(20)14(11-17)10-13-6-8-18-9-7-13/h2-9,14H,10H2,1H3,(H,19,20)/t14-/m0/s1. The zero-order valence-corrected chi connectivity index (χ0v) is 11.2. The van der Waals surface area contributed by atoms with Crippen LogP contribution >= 0.6 is 0 Å². The predicted octanol–water partition coefficient (Wildman–Crippen LogP) is 2.71. The number of amides is 1. The smallest absolute Gasteiger partial charge is 0.242 e. The predicted molar refractivity (Wildman–Crippen MR) is 76.9 cm³/mol. The number of pyridine rings is 1. The minimum Gasteiger partial charge on any atom is -0.325 e. The van der Waals surface area contributed by atoms with Gasteiger partial charge in [0.15, 0.2) is 0 Å². The van der Waals surface area contributed by atoms with Gasteiger partial charge in [0.2, 0.25) is 5.91 Å². The molecule has 0 spiro atoms. The van der Waals surface area contributed by atoms with E-state index in [1.165, 1.54) is 0 Å². The molecule has 20 heavy (non-hydrogen) atoms. The van der Waals surface area contributed by atoms with E-state index in [2.05, 4.69) is 10.3 Å². The number of aryl methyl sites for hydroxylation is 1.